The molecule has 3 nitrogen and oxygen atoms in total. The number of ketones is 1. The van der Waals surface area contributed by atoms with E-state index in [9.17, 15) is 9.59 Å². The molecule has 1 heterocycles. The maximum atomic E-state index is 12.2. The summed E-state index contributed by atoms with van der Waals surface area (Å²) < 4.78 is 0. The van der Waals surface area contributed by atoms with E-state index in [2.05, 4.69) is 5.32 Å². The molecule has 0 aliphatic heterocycles. The third-order valence-corrected chi connectivity index (χ3v) is 4.84. The Balaban J connectivity index is 1.94. The highest BCUT2D eigenvalue weighted by Crippen LogP contribution is 2.24. The van der Waals surface area contributed by atoms with Crippen LogP contribution in [0.5, 0.6) is 0 Å². The van der Waals surface area contributed by atoms with Crippen LogP contribution in [0.15, 0.2) is 24.3 Å². The predicted molar refractivity (Wildman–Crippen MR) is 92.2 cm³/mol. The lowest BCUT2D eigenvalue weighted by atomic mass is 10.1. The minimum Gasteiger partial charge on any atom is -0.326 e. The van der Waals surface area contributed by atoms with Gasteiger partial charge < -0.3 is 5.32 Å². The molecule has 0 saturated heterocycles. The van der Waals surface area contributed by atoms with Crippen LogP contribution in [0.2, 0.25) is 5.02 Å². The zero-order valence-electron chi connectivity index (χ0n) is 12.8. The number of carbonyl (C=O) groups is 2. The third kappa shape index (κ3) is 3.96. The average Bonchev–Trinajstić information content (AvgIpc) is 2.80. The molecule has 5 heteroatoms. The minimum absolute atomic E-state index is 0.0137. The van der Waals surface area contributed by atoms with Gasteiger partial charge in [0.2, 0.25) is 5.91 Å². The van der Waals surface area contributed by atoms with Gasteiger partial charge in [-0.05, 0) is 44.5 Å². The van der Waals surface area contributed by atoms with E-state index in [4.69, 9.17) is 11.6 Å². The Morgan fingerprint density at radius 1 is 1.18 bits per heavy atom. The van der Waals surface area contributed by atoms with Crippen molar-refractivity contribution in [1.82, 2.24) is 0 Å². The van der Waals surface area contributed by atoms with Crippen molar-refractivity contribution in [2.24, 2.45) is 0 Å². The Hall–Kier alpha value is -1.65. The van der Waals surface area contributed by atoms with E-state index in [1.54, 1.807) is 29.5 Å². The number of hydrogen-bond acceptors (Lipinski definition) is 3. The van der Waals surface area contributed by atoms with Gasteiger partial charge in [-0.3, -0.25) is 9.59 Å². The molecule has 0 aliphatic carbocycles. The lowest BCUT2D eigenvalue weighted by Crippen LogP contribution is -2.14. The van der Waals surface area contributed by atoms with Crippen molar-refractivity contribution in [2.45, 2.75) is 33.6 Å². The van der Waals surface area contributed by atoms with Crippen molar-refractivity contribution < 1.29 is 9.59 Å². The topological polar surface area (TPSA) is 46.2 Å². The summed E-state index contributed by atoms with van der Waals surface area (Å²) in [5.41, 5.74) is 2.25. The van der Waals surface area contributed by atoms with Gasteiger partial charge in [-0.15, -0.1) is 11.3 Å². The Morgan fingerprint density at radius 3 is 2.55 bits per heavy atom. The molecular formula is C17H18ClNO2S. The zero-order chi connectivity index (χ0) is 16.3. The first kappa shape index (κ1) is 16.7. The maximum absolute atomic E-state index is 12.2. The number of anilines is 1. The van der Waals surface area contributed by atoms with E-state index in [0.717, 1.165) is 20.9 Å². The van der Waals surface area contributed by atoms with Gasteiger partial charge in [-0.2, -0.15) is 0 Å². The summed E-state index contributed by atoms with van der Waals surface area (Å²) in [4.78, 5) is 26.3. The number of carbonyl (C=O) groups excluding carboxylic acids is 2. The van der Waals surface area contributed by atoms with Crippen LogP contribution in [0.4, 0.5) is 5.69 Å². The molecule has 0 atom stereocenters. The largest absolute Gasteiger partial charge is 0.326 e. The molecule has 2 aromatic rings. The molecule has 2 rings (SSSR count). The zero-order valence-corrected chi connectivity index (χ0v) is 14.4. The summed E-state index contributed by atoms with van der Waals surface area (Å²) in [5.74, 6) is -0.164. The molecule has 0 unspecified atom stereocenters. The van der Waals surface area contributed by atoms with E-state index in [1.807, 2.05) is 26.8 Å². The van der Waals surface area contributed by atoms with E-state index < -0.39 is 0 Å². The molecule has 0 spiro atoms. The summed E-state index contributed by atoms with van der Waals surface area (Å²) in [6.07, 6.45) is 0.377. The molecule has 1 aromatic heterocycles. The summed E-state index contributed by atoms with van der Waals surface area (Å²) >= 11 is 7.62. The number of amides is 1. The van der Waals surface area contributed by atoms with Gasteiger partial charge in [0, 0.05) is 38.9 Å². The van der Waals surface area contributed by atoms with Crippen LogP contribution in [0.25, 0.3) is 0 Å². The normalized spacial score (nSPS) is 10.5. The highest BCUT2D eigenvalue weighted by Gasteiger charge is 2.14. The number of Topliss-reactive ketones (excluding diaryl/α,β-unsaturated/α-hetero) is 1. The number of benzene rings is 1. The smallest absolute Gasteiger partial charge is 0.224 e. The van der Waals surface area contributed by atoms with Crippen molar-refractivity contribution in [3.8, 4) is 0 Å². The molecule has 1 N–H and O–H groups in total. The van der Waals surface area contributed by atoms with Crippen LogP contribution in [0.3, 0.4) is 0 Å². The first-order valence-corrected chi connectivity index (χ1v) is 8.23. The highest BCUT2D eigenvalue weighted by molar-refractivity contribution is 7.12. The maximum Gasteiger partial charge on any atom is 0.224 e. The lowest BCUT2D eigenvalue weighted by molar-refractivity contribution is -0.116. The molecule has 0 bridgehead atoms. The number of rotatable bonds is 5. The standard InChI is InChI=1S/C17H18ClNO2S/c1-10-9-13(12(3)22-10)16(20)7-8-17(21)19-15-6-4-5-14(18)11(15)2/h4-6,9H,7-8H2,1-3H3,(H,19,21). The summed E-state index contributed by atoms with van der Waals surface area (Å²) in [6.45, 7) is 5.75. The van der Waals surface area contributed by atoms with Crippen LogP contribution < -0.4 is 5.32 Å². The molecule has 0 aliphatic rings. The van der Waals surface area contributed by atoms with Crippen molar-refractivity contribution in [1.29, 1.82) is 0 Å². The summed E-state index contributed by atoms with van der Waals surface area (Å²) in [7, 11) is 0. The molecule has 22 heavy (non-hydrogen) atoms. The summed E-state index contributed by atoms with van der Waals surface area (Å²) in [6, 6.07) is 7.25. The van der Waals surface area contributed by atoms with Gasteiger partial charge in [0.15, 0.2) is 5.78 Å². The number of nitrogens with one attached hydrogen (secondary N) is 1. The average molecular weight is 336 g/mol. The van der Waals surface area contributed by atoms with Gasteiger partial charge in [-0.25, -0.2) is 0 Å². The van der Waals surface area contributed by atoms with Gasteiger partial charge in [0.05, 0.1) is 0 Å². The van der Waals surface area contributed by atoms with Crippen molar-refractivity contribution in [3.05, 3.63) is 50.2 Å². The number of aryl methyl sites for hydroxylation is 2. The van der Waals surface area contributed by atoms with E-state index in [1.165, 1.54) is 0 Å². The Kier molecular flexibility index (Phi) is 5.37. The van der Waals surface area contributed by atoms with Crippen molar-refractivity contribution >= 4 is 40.3 Å². The van der Waals surface area contributed by atoms with E-state index >= 15 is 0 Å². The second-order valence-electron chi connectivity index (χ2n) is 5.21. The van der Waals surface area contributed by atoms with Crippen LogP contribution in [0.1, 0.15) is 38.5 Å². The molecular weight excluding hydrogens is 318 g/mol. The van der Waals surface area contributed by atoms with Gasteiger partial charge in [-0.1, -0.05) is 17.7 Å². The summed E-state index contributed by atoms with van der Waals surface area (Å²) in [5, 5.41) is 3.41. The molecule has 1 aromatic carbocycles. The van der Waals surface area contributed by atoms with E-state index in [-0.39, 0.29) is 24.5 Å². The molecule has 0 saturated carbocycles. The van der Waals surface area contributed by atoms with Crippen LogP contribution >= 0.6 is 22.9 Å². The lowest BCUT2D eigenvalue weighted by Gasteiger charge is -2.09. The SMILES string of the molecule is Cc1cc(C(=O)CCC(=O)Nc2cccc(Cl)c2C)c(C)s1. The van der Waals surface area contributed by atoms with Gasteiger partial charge >= 0.3 is 0 Å². The van der Waals surface area contributed by atoms with Gasteiger partial charge in [0.25, 0.3) is 0 Å². The number of thiophene rings is 1. The molecule has 1 amide bonds. The Labute approximate surface area is 139 Å². The second kappa shape index (κ2) is 7.07. The van der Waals surface area contributed by atoms with Crippen LogP contribution in [0, 0.1) is 20.8 Å². The minimum atomic E-state index is -0.177. The number of halogens is 1. The fraction of sp³-hybridized carbons (Fsp3) is 0.294. The first-order chi connectivity index (χ1) is 10.4. The quantitative estimate of drug-likeness (QED) is 0.787. The molecule has 0 radical (unpaired) electrons. The van der Waals surface area contributed by atoms with Crippen LogP contribution in [-0.4, -0.2) is 11.7 Å². The predicted octanol–water partition coefficient (Wildman–Crippen LogP) is 4.93. The van der Waals surface area contributed by atoms with Crippen molar-refractivity contribution in [3.63, 3.8) is 0 Å². The van der Waals surface area contributed by atoms with Gasteiger partial charge in [0.1, 0.15) is 0 Å². The Bertz CT molecular complexity index is 721. The van der Waals surface area contributed by atoms with E-state index in [0.29, 0.717) is 10.7 Å². The highest BCUT2D eigenvalue weighted by atomic mass is 35.5. The fourth-order valence-electron chi connectivity index (χ4n) is 2.22. The third-order valence-electron chi connectivity index (χ3n) is 3.46. The first-order valence-electron chi connectivity index (χ1n) is 7.03. The van der Waals surface area contributed by atoms with Crippen LogP contribution in [-0.2, 0) is 4.79 Å². The fourth-order valence-corrected chi connectivity index (χ4v) is 3.34. The van der Waals surface area contributed by atoms with Crippen molar-refractivity contribution in [2.75, 3.05) is 5.32 Å². The molecule has 116 valence electrons. The molecule has 0 fully saturated rings. The number of hydrogen-bond donors (Lipinski definition) is 1. The Morgan fingerprint density at radius 2 is 1.91 bits per heavy atom. The second-order valence-corrected chi connectivity index (χ2v) is 7.08. The monoisotopic (exact) mass is 335 g/mol.